The molecule has 0 atom stereocenters. The molecule has 0 saturated heterocycles. The Bertz CT molecular complexity index is 781. The van der Waals surface area contributed by atoms with Crippen LogP contribution in [0.5, 0.6) is 0 Å². The lowest BCUT2D eigenvalue weighted by Gasteiger charge is -2.07. The van der Waals surface area contributed by atoms with Gasteiger partial charge in [0.15, 0.2) is 0 Å². The molecule has 0 aliphatic rings. The highest BCUT2D eigenvalue weighted by atomic mass is 16.1. The molecule has 1 N–H and O–H groups in total. The van der Waals surface area contributed by atoms with E-state index in [9.17, 15) is 4.79 Å². The van der Waals surface area contributed by atoms with Crippen molar-refractivity contribution in [3.05, 3.63) is 64.1 Å². The Kier molecular flexibility index (Phi) is 2.33. The second-order valence-electron chi connectivity index (χ2n) is 4.52. The van der Waals surface area contributed by atoms with Gasteiger partial charge in [0.25, 0.3) is 5.56 Å². The van der Waals surface area contributed by atoms with E-state index in [1.54, 1.807) is 0 Å². The Labute approximate surface area is 105 Å². The second-order valence-corrected chi connectivity index (χ2v) is 4.52. The molecule has 90 valence electrons. The lowest BCUT2D eigenvalue weighted by Crippen LogP contribution is -2.05. The molecule has 0 spiro atoms. The fraction of sp³-hybridized carbons (Fsp3) is 0.133. The fourth-order valence-electron chi connectivity index (χ4n) is 2.18. The van der Waals surface area contributed by atoms with E-state index in [0.717, 1.165) is 16.9 Å². The van der Waals surface area contributed by atoms with Gasteiger partial charge >= 0.3 is 0 Å². The van der Waals surface area contributed by atoms with Crippen LogP contribution in [-0.2, 0) is 0 Å². The number of benzene rings is 2. The average molecular weight is 238 g/mol. The SMILES string of the molecule is Cc1c(C)n(-c2ccc3ccccc3c2)[nH]c1=O. The van der Waals surface area contributed by atoms with E-state index in [0.29, 0.717) is 0 Å². The van der Waals surface area contributed by atoms with Gasteiger partial charge in [-0.2, -0.15) is 0 Å². The van der Waals surface area contributed by atoms with E-state index in [1.165, 1.54) is 10.8 Å². The van der Waals surface area contributed by atoms with Gasteiger partial charge in [-0.3, -0.25) is 14.6 Å². The maximum atomic E-state index is 11.6. The number of nitrogens with one attached hydrogen (secondary N) is 1. The van der Waals surface area contributed by atoms with Crippen molar-refractivity contribution in [3.63, 3.8) is 0 Å². The summed E-state index contributed by atoms with van der Waals surface area (Å²) in [5.41, 5.74) is 2.68. The van der Waals surface area contributed by atoms with E-state index in [-0.39, 0.29) is 5.56 Å². The van der Waals surface area contributed by atoms with Gasteiger partial charge in [-0.05, 0) is 36.8 Å². The maximum absolute atomic E-state index is 11.6. The van der Waals surface area contributed by atoms with Crippen LogP contribution in [0.1, 0.15) is 11.3 Å². The zero-order chi connectivity index (χ0) is 12.7. The Morgan fingerprint density at radius 2 is 1.72 bits per heavy atom. The third kappa shape index (κ3) is 1.56. The summed E-state index contributed by atoms with van der Waals surface area (Å²) in [5.74, 6) is 0. The highest BCUT2D eigenvalue weighted by Gasteiger charge is 2.07. The van der Waals surface area contributed by atoms with E-state index in [1.807, 2.05) is 36.7 Å². The first-order valence-corrected chi connectivity index (χ1v) is 5.94. The zero-order valence-corrected chi connectivity index (χ0v) is 10.4. The Hall–Kier alpha value is -2.29. The summed E-state index contributed by atoms with van der Waals surface area (Å²) in [6, 6.07) is 14.4. The molecule has 3 rings (SSSR count). The molecule has 18 heavy (non-hydrogen) atoms. The van der Waals surface area contributed by atoms with E-state index in [4.69, 9.17) is 0 Å². The summed E-state index contributed by atoms with van der Waals surface area (Å²) in [4.78, 5) is 11.6. The van der Waals surface area contributed by atoms with Gasteiger partial charge < -0.3 is 0 Å². The summed E-state index contributed by atoms with van der Waals surface area (Å²) in [6.45, 7) is 3.79. The molecule has 3 heteroatoms. The van der Waals surface area contributed by atoms with Crippen LogP contribution in [0.25, 0.3) is 16.5 Å². The molecule has 0 aliphatic heterocycles. The number of nitrogens with zero attached hydrogens (tertiary/aromatic N) is 1. The van der Waals surface area contributed by atoms with Crippen LogP contribution < -0.4 is 5.56 Å². The van der Waals surface area contributed by atoms with Gasteiger partial charge in [-0.25, -0.2) is 0 Å². The predicted octanol–water partition coefficient (Wildman–Crippen LogP) is 2.94. The molecule has 0 unspecified atom stereocenters. The number of fused-ring (bicyclic) bond motifs is 1. The monoisotopic (exact) mass is 238 g/mol. The number of hydrogen-bond acceptors (Lipinski definition) is 1. The standard InChI is InChI=1S/C15H14N2O/c1-10-11(2)17(16-15(10)18)14-8-7-12-5-3-4-6-13(12)9-14/h3-9H,1-2H3,(H,16,18). The van der Waals surface area contributed by atoms with Crippen molar-refractivity contribution < 1.29 is 0 Å². The van der Waals surface area contributed by atoms with Gasteiger partial charge in [0.05, 0.1) is 5.69 Å². The van der Waals surface area contributed by atoms with Gasteiger partial charge in [-0.15, -0.1) is 0 Å². The molecule has 0 bridgehead atoms. The minimum absolute atomic E-state index is 0.0272. The normalized spacial score (nSPS) is 11.0. The molecular weight excluding hydrogens is 224 g/mol. The Morgan fingerprint density at radius 3 is 2.39 bits per heavy atom. The highest BCUT2D eigenvalue weighted by Crippen LogP contribution is 2.19. The van der Waals surface area contributed by atoms with Crippen molar-refractivity contribution in [1.29, 1.82) is 0 Å². The molecule has 1 heterocycles. The molecule has 2 aromatic carbocycles. The van der Waals surface area contributed by atoms with Crippen LogP contribution in [0, 0.1) is 13.8 Å². The molecular formula is C15H14N2O. The first-order chi connectivity index (χ1) is 8.66. The van der Waals surface area contributed by atoms with Gasteiger partial charge in [0.2, 0.25) is 0 Å². The summed E-state index contributed by atoms with van der Waals surface area (Å²) >= 11 is 0. The maximum Gasteiger partial charge on any atom is 0.267 e. The van der Waals surface area contributed by atoms with Crippen LogP contribution in [-0.4, -0.2) is 9.78 Å². The van der Waals surface area contributed by atoms with Gasteiger partial charge in [-0.1, -0.05) is 30.3 Å². The molecule has 0 radical (unpaired) electrons. The van der Waals surface area contributed by atoms with Crippen molar-refractivity contribution in [1.82, 2.24) is 9.78 Å². The van der Waals surface area contributed by atoms with Crippen molar-refractivity contribution in [2.75, 3.05) is 0 Å². The van der Waals surface area contributed by atoms with Crippen LogP contribution >= 0.6 is 0 Å². The first-order valence-electron chi connectivity index (χ1n) is 5.94. The molecule has 3 aromatic rings. The fourth-order valence-corrected chi connectivity index (χ4v) is 2.18. The minimum atomic E-state index is -0.0272. The second kappa shape index (κ2) is 3.88. The molecule has 0 saturated carbocycles. The largest absolute Gasteiger partial charge is 0.268 e. The van der Waals surface area contributed by atoms with E-state index >= 15 is 0 Å². The zero-order valence-electron chi connectivity index (χ0n) is 10.4. The minimum Gasteiger partial charge on any atom is -0.268 e. The van der Waals surface area contributed by atoms with E-state index in [2.05, 4.69) is 29.4 Å². The Morgan fingerprint density at radius 1 is 1.00 bits per heavy atom. The van der Waals surface area contributed by atoms with Crippen molar-refractivity contribution >= 4 is 10.8 Å². The van der Waals surface area contributed by atoms with Crippen molar-refractivity contribution in [3.8, 4) is 5.69 Å². The van der Waals surface area contributed by atoms with Crippen LogP contribution in [0.2, 0.25) is 0 Å². The topological polar surface area (TPSA) is 37.8 Å². The quantitative estimate of drug-likeness (QED) is 0.695. The number of aromatic nitrogens is 2. The van der Waals surface area contributed by atoms with Crippen LogP contribution in [0.3, 0.4) is 0 Å². The summed E-state index contributed by atoms with van der Waals surface area (Å²) < 4.78 is 1.84. The van der Waals surface area contributed by atoms with Crippen molar-refractivity contribution in [2.24, 2.45) is 0 Å². The predicted molar refractivity (Wildman–Crippen MR) is 73.4 cm³/mol. The number of rotatable bonds is 1. The molecule has 0 fully saturated rings. The lowest BCUT2D eigenvalue weighted by molar-refractivity contribution is 0.835. The van der Waals surface area contributed by atoms with Gasteiger partial charge in [0, 0.05) is 11.3 Å². The molecule has 0 amide bonds. The molecule has 0 aliphatic carbocycles. The first kappa shape index (κ1) is 10.8. The molecule has 1 aromatic heterocycles. The summed E-state index contributed by atoms with van der Waals surface area (Å²) in [5, 5.41) is 5.22. The van der Waals surface area contributed by atoms with Gasteiger partial charge in [0.1, 0.15) is 0 Å². The number of H-pyrrole nitrogens is 1. The lowest BCUT2D eigenvalue weighted by atomic mass is 10.1. The number of hydrogen-bond donors (Lipinski definition) is 1. The van der Waals surface area contributed by atoms with Crippen molar-refractivity contribution in [2.45, 2.75) is 13.8 Å². The van der Waals surface area contributed by atoms with Crippen LogP contribution in [0.15, 0.2) is 47.3 Å². The summed E-state index contributed by atoms with van der Waals surface area (Å²) in [6.07, 6.45) is 0. The number of aromatic amines is 1. The highest BCUT2D eigenvalue weighted by molar-refractivity contribution is 5.84. The van der Waals surface area contributed by atoms with Crippen LogP contribution in [0.4, 0.5) is 0 Å². The van der Waals surface area contributed by atoms with E-state index < -0.39 is 0 Å². The summed E-state index contributed by atoms with van der Waals surface area (Å²) in [7, 11) is 0. The average Bonchev–Trinajstić information content (AvgIpc) is 2.66. The molecule has 3 nitrogen and oxygen atoms in total. The third-order valence-electron chi connectivity index (χ3n) is 3.42. The Balaban J connectivity index is 2.25. The smallest absolute Gasteiger partial charge is 0.267 e. The third-order valence-corrected chi connectivity index (χ3v) is 3.42.